The summed E-state index contributed by atoms with van der Waals surface area (Å²) in [6.45, 7) is 0. The fraction of sp³-hybridized carbons (Fsp3) is 0.429. The average molecular weight is 461 g/mol. The van der Waals surface area contributed by atoms with Crippen LogP contribution in [0.4, 0.5) is 0 Å². The zero-order valence-corrected chi connectivity index (χ0v) is 14.6. The molecular weight excluding hydrogens is 445 g/mol. The Kier molecular flexibility index (Phi) is 11.3. The van der Waals surface area contributed by atoms with Gasteiger partial charge in [-0.3, -0.25) is 0 Å². The Morgan fingerprint density at radius 3 is 0.667 bits per heavy atom. The van der Waals surface area contributed by atoms with Crippen LogP contribution in [0.3, 0.4) is 0 Å². The Morgan fingerprint density at radius 2 is 0.611 bits per heavy atom. The topological polar surface area (TPSA) is 0 Å². The third-order valence-electron chi connectivity index (χ3n) is 3.51. The van der Waals surface area contributed by atoms with E-state index in [-0.39, 0.29) is 63.8 Å². The van der Waals surface area contributed by atoms with Crippen molar-refractivity contribution in [2.24, 2.45) is 23.7 Å². The normalized spacial score (nSPS) is 33.8. The smallest absolute Gasteiger partial charge is 0 e. The number of allylic oxidation sites excluding steroid dienone is 8. The van der Waals surface area contributed by atoms with Crippen LogP contribution >= 0.6 is 0 Å². The SMILES string of the molecule is C1=CC2C=CC1C2.C1=CC2C=CC1C2.[Cl-].[Cl-].[Rh].[Rh]. The van der Waals surface area contributed by atoms with Gasteiger partial charge in [-0.05, 0) is 36.5 Å². The van der Waals surface area contributed by atoms with Gasteiger partial charge in [0.05, 0.1) is 0 Å². The second-order valence-corrected chi connectivity index (χ2v) is 4.67. The molecule has 0 aromatic carbocycles. The Labute approximate surface area is 148 Å². The molecule has 0 amide bonds. The third-order valence-corrected chi connectivity index (χ3v) is 3.51. The molecule has 0 aliphatic heterocycles. The molecule has 106 valence electrons. The van der Waals surface area contributed by atoms with Crippen LogP contribution in [0.25, 0.3) is 0 Å². The van der Waals surface area contributed by atoms with Gasteiger partial charge in [0.15, 0.2) is 0 Å². The first-order chi connectivity index (χ1) is 6.90. The van der Waals surface area contributed by atoms with Gasteiger partial charge in [0.2, 0.25) is 0 Å². The molecule has 0 saturated heterocycles. The van der Waals surface area contributed by atoms with Gasteiger partial charge in [-0.15, -0.1) is 0 Å². The van der Waals surface area contributed by atoms with Crippen molar-refractivity contribution >= 4 is 0 Å². The zero-order valence-electron chi connectivity index (χ0n) is 9.77. The largest absolute Gasteiger partial charge is 1.00 e. The van der Waals surface area contributed by atoms with Crippen LogP contribution in [-0.2, 0) is 39.0 Å². The van der Waals surface area contributed by atoms with Crippen LogP contribution in [0.1, 0.15) is 12.8 Å². The maximum Gasteiger partial charge on any atom is 0 e. The first-order valence-electron chi connectivity index (χ1n) is 5.63. The summed E-state index contributed by atoms with van der Waals surface area (Å²) in [7, 11) is 0. The monoisotopic (exact) mass is 460 g/mol. The van der Waals surface area contributed by atoms with Crippen LogP contribution < -0.4 is 24.8 Å². The van der Waals surface area contributed by atoms with E-state index in [2.05, 4.69) is 48.6 Å². The van der Waals surface area contributed by atoms with Gasteiger partial charge in [-0.25, -0.2) is 0 Å². The second kappa shape index (κ2) is 9.65. The summed E-state index contributed by atoms with van der Waals surface area (Å²) in [4.78, 5) is 0. The van der Waals surface area contributed by atoms with Gasteiger partial charge in [-0.1, -0.05) is 48.6 Å². The molecule has 4 aliphatic rings. The Balaban J connectivity index is 0. The fourth-order valence-electron chi connectivity index (χ4n) is 2.66. The number of rotatable bonds is 0. The van der Waals surface area contributed by atoms with Crippen LogP contribution in [0.5, 0.6) is 0 Å². The summed E-state index contributed by atoms with van der Waals surface area (Å²) < 4.78 is 0. The Morgan fingerprint density at radius 1 is 0.444 bits per heavy atom. The predicted octanol–water partition coefficient (Wildman–Crippen LogP) is -2.50. The maximum atomic E-state index is 2.30. The van der Waals surface area contributed by atoms with Crippen LogP contribution in [0, 0.1) is 23.7 Å². The minimum Gasteiger partial charge on any atom is -1.00 e. The minimum absolute atomic E-state index is 0. The van der Waals surface area contributed by atoms with Crippen molar-refractivity contribution in [3.63, 3.8) is 0 Å². The van der Waals surface area contributed by atoms with Crippen molar-refractivity contribution in [2.45, 2.75) is 12.8 Å². The summed E-state index contributed by atoms with van der Waals surface area (Å²) in [5, 5.41) is 0. The van der Waals surface area contributed by atoms with Crippen molar-refractivity contribution in [3.05, 3.63) is 48.6 Å². The molecule has 0 saturated carbocycles. The summed E-state index contributed by atoms with van der Waals surface area (Å²) >= 11 is 0. The number of hydrogen-bond donors (Lipinski definition) is 0. The average Bonchev–Trinajstić information content (AvgIpc) is 3.01. The van der Waals surface area contributed by atoms with E-state index < -0.39 is 0 Å². The Hall–Kier alpha value is 0.787. The van der Waals surface area contributed by atoms with Gasteiger partial charge >= 0.3 is 0 Å². The summed E-state index contributed by atoms with van der Waals surface area (Å²) in [5.74, 6) is 3.24. The van der Waals surface area contributed by atoms with Gasteiger partial charge in [0, 0.05) is 39.0 Å². The van der Waals surface area contributed by atoms with Crippen molar-refractivity contribution in [2.75, 3.05) is 0 Å². The molecule has 4 rings (SSSR count). The quantitative estimate of drug-likeness (QED) is 0.277. The van der Waals surface area contributed by atoms with Gasteiger partial charge < -0.3 is 24.8 Å². The van der Waals surface area contributed by atoms with Crippen molar-refractivity contribution in [3.8, 4) is 0 Å². The molecule has 2 radical (unpaired) electrons. The molecule has 0 N–H and O–H groups in total. The summed E-state index contributed by atoms with van der Waals surface area (Å²) in [6, 6.07) is 0. The standard InChI is InChI=1S/2C7H8.2ClH.2Rh/c2*1-2-7-4-3-6(1)5-7;;;;/h2*1-4,6-7H,5H2;2*1H;;/p-2. The summed E-state index contributed by atoms with van der Waals surface area (Å²) in [6.07, 6.45) is 21.1. The van der Waals surface area contributed by atoms with Gasteiger partial charge in [-0.2, -0.15) is 0 Å². The van der Waals surface area contributed by atoms with E-state index in [0.29, 0.717) is 0 Å². The number of hydrogen-bond acceptors (Lipinski definition) is 0. The molecule has 0 aromatic heterocycles. The third kappa shape index (κ3) is 5.05. The van der Waals surface area contributed by atoms with Gasteiger partial charge in [0.1, 0.15) is 0 Å². The predicted molar refractivity (Wildman–Crippen MR) is 59.8 cm³/mol. The molecule has 18 heavy (non-hydrogen) atoms. The fourth-order valence-corrected chi connectivity index (χ4v) is 2.66. The molecule has 0 heterocycles. The van der Waals surface area contributed by atoms with E-state index in [1.54, 1.807) is 0 Å². The molecule has 0 nitrogen and oxygen atoms in total. The first-order valence-corrected chi connectivity index (χ1v) is 5.63. The van der Waals surface area contributed by atoms with Crippen molar-refractivity contribution in [1.82, 2.24) is 0 Å². The maximum absolute atomic E-state index is 2.30. The molecule has 4 bridgehead atoms. The van der Waals surface area contributed by atoms with Crippen molar-refractivity contribution < 1.29 is 63.8 Å². The minimum atomic E-state index is 0. The van der Waals surface area contributed by atoms with Crippen molar-refractivity contribution in [1.29, 1.82) is 0 Å². The van der Waals surface area contributed by atoms with E-state index in [1.807, 2.05) is 0 Å². The molecule has 0 aromatic rings. The van der Waals surface area contributed by atoms with E-state index in [0.717, 1.165) is 23.7 Å². The zero-order chi connectivity index (χ0) is 9.38. The molecule has 0 fully saturated rings. The van der Waals surface area contributed by atoms with E-state index in [1.165, 1.54) is 12.8 Å². The molecule has 0 atom stereocenters. The number of halogens is 2. The van der Waals surface area contributed by atoms with Crippen LogP contribution in [0.2, 0.25) is 0 Å². The molecule has 0 spiro atoms. The molecule has 4 heteroatoms. The van der Waals surface area contributed by atoms with Crippen LogP contribution in [0.15, 0.2) is 48.6 Å². The second-order valence-electron chi connectivity index (χ2n) is 4.67. The van der Waals surface area contributed by atoms with E-state index in [4.69, 9.17) is 0 Å². The van der Waals surface area contributed by atoms with Crippen LogP contribution in [-0.4, -0.2) is 0 Å². The van der Waals surface area contributed by atoms with E-state index >= 15 is 0 Å². The number of fused-ring (bicyclic) bond motifs is 4. The van der Waals surface area contributed by atoms with E-state index in [9.17, 15) is 0 Å². The molecule has 0 unspecified atom stereocenters. The Bertz CT molecular complexity index is 258. The molecular formula is C14H16Cl2Rh2-2. The van der Waals surface area contributed by atoms with Gasteiger partial charge in [0.25, 0.3) is 0 Å². The summed E-state index contributed by atoms with van der Waals surface area (Å²) in [5.41, 5.74) is 0. The first kappa shape index (κ1) is 21.1. The molecule has 4 aliphatic carbocycles.